The molecule has 3 aromatic rings. The molecule has 0 amide bonds. The highest BCUT2D eigenvalue weighted by Gasteiger charge is 2.36. The van der Waals surface area contributed by atoms with Crippen molar-refractivity contribution in [1.29, 1.82) is 0 Å². The van der Waals surface area contributed by atoms with Crippen LogP contribution in [0.4, 0.5) is 11.4 Å². The number of halogens is 1. The molecule has 174 valence electrons. The van der Waals surface area contributed by atoms with E-state index in [1.165, 1.54) is 0 Å². The smallest absolute Gasteiger partial charge is 0.163 e. The number of allylic oxidation sites excluding steroid dienone is 1. The summed E-state index contributed by atoms with van der Waals surface area (Å²) in [4.78, 5) is 13.6. The average molecular weight is 473 g/mol. The van der Waals surface area contributed by atoms with Crippen molar-refractivity contribution in [2.75, 3.05) is 17.2 Å². The van der Waals surface area contributed by atoms with Gasteiger partial charge in [0.25, 0.3) is 0 Å². The number of hydrogen-bond acceptors (Lipinski definition) is 4. The molecular weight excluding hydrogens is 444 g/mol. The molecule has 3 aromatic carbocycles. The number of benzene rings is 3. The summed E-state index contributed by atoms with van der Waals surface area (Å²) in [6.45, 7) is 4.94. The third-order valence-electron chi connectivity index (χ3n) is 6.45. The standard InChI is InChI=1S/C29H29ClN2O2/c1-18(2)17-34-21-13-11-19(12-14-21)29-28-26(31-24-9-5-6-10-25(24)32-29)15-20(16-27(28)33)22-7-3-4-8-23(22)30/h3-14,18,20,29,31-32H,15-17H2,1-2H3. The van der Waals surface area contributed by atoms with Gasteiger partial charge in [-0.05, 0) is 59.7 Å². The first kappa shape index (κ1) is 22.5. The molecule has 2 unspecified atom stereocenters. The van der Waals surface area contributed by atoms with E-state index in [1.807, 2.05) is 60.7 Å². The SMILES string of the molecule is CC(C)COc1ccc(C2Nc3ccccc3NC3=C2C(=O)CC(c2ccccc2Cl)C3)cc1. The van der Waals surface area contributed by atoms with Gasteiger partial charge in [-0.3, -0.25) is 4.79 Å². The Balaban J connectivity index is 1.53. The van der Waals surface area contributed by atoms with Gasteiger partial charge >= 0.3 is 0 Å². The molecule has 1 heterocycles. The number of anilines is 2. The Kier molecular flexibility index (Phi) is 6.34. The van der Waals surface area contributed by atoms with Crippen LogP contribution in [0.5, 0.6) is 5.75 Å². The van der Waals surface area contributed by atoms with Crippen molar-refractivity contribution in [3.63, 3.8) is 0 Å². The number of nitrogens with one attached hydrogen (secondary N) is 2. The maximum Gasteiger partial charge on any atom is 0.163 e. The molecule has 2 atom stereocenters. The Morgan fingerprint density at radius 3 is 2.38 bits per heavy atom. The van der Waals surface area contributed by atoms with Crippen molar-refractivity contribution in [2.24, 2.45) is 5.92 Å². The normalized spacial score (nSPS) is 19.6. The van der Waals surface area contributed by atoms with Gasteiger partial charge in [-0.2, -0.15) is 0 Å². The predicted octanol–water partition coefficient (Wildman–Crippen LogP) is 7.35. The number of Topliss-reactive ketones (excluding diaryl/α,β-unsaturated/α-hetero) is 1. The lowest BCUT2D eigenvalue weighted by Crippen LogP contribution is -2.27. The fraction of sp³-hybridized carbons (Fsp3) is 0.276. The van der Waals surface area contributed by atoms with Crippen molar-refractivity contribution in [2.45, 2.75) is 38.6 Å². The van der Waals surface area contributed by atoms with Gasteiger partial charge in [-0.25, -0.2) is 0 Å². The minimum atomic E-state index is -0.245. The second kappa shape index (κ2) is 9.55. The molecule has 0 saturated carbocycles. The van der Waals surface area contributed by atoms with Crippen molar-refractivity contribution in [1.82, 2.24) is 0 Å². The molecule has 34 heavy (non-hydrogen) atoms. The van der Waals surface area contributed by atoms with Crippen LogP contribution in [0.3, 0.4) is 0 Å². The maximum absolute atomic E-state index is 13.6. The van der Waals surface area contributed by atoms with Gasteiger partial charge in [0.05, 0.1) is 24.0 Å². The zero-order valence-corrected chi connectivity index (χ0v) is 20.2. The Bertz CT molecular complexity index is 1230. The predicted molar refractivity (Wildman–Crippen MR) is 139 cm³/mol. The molecular formula is C29H29ClN2O2. The quantitative estimate of drug-likeness (QED) is 0.407. The molecule has 0 radical (unpaired) electrons. The lowest BCUT2D eigenvalue weighted by atomic mass is 9.78. The topological polar surface area (TPSA) is 50.4 Å². The number of carbonyl (C=O) groups is 1. The third kappa shape index (κ3) is 4.55. The fourth-order valence-electron chi connectivity index (χ4n) is 4.79. The van der Waals surface area contributed by atoms with Crippen LogP contribution in [0.1, 0.15) is 49.8 Å². The molecule has 1 aliphatic carbocycles. The summed E-state index contributed by atoms with van der Waals surface area (Å²) in [6, 6.07) is 23.8. The minimum absolute atomic E-state index is 0.0465. The van der Waals surface area contributed by atoms with Gasteiger partial charge in [0, 0.05) is 22.7 Å². The second-order valence-corrected chi connectivity index (χ2v) is 9.87. The van der Waals surface area contributed by atoms with Gasteiger partial charge in [0.1, 0.15) is 5.75 Å². The number of rotatable bonds is 5. The van der Waals surface area contributed by atoms with Crippen LogP contribution in [0.15, 0.2) is 84.1 Å². The highest BCUT2D eigenvalue weighted by molar-refractivity contribution is 6.31. The molecule has 0 fully saturated rings. The second-order valence-electron chi connectivity index (χ2n) is 9.46. The van der Waals surface area contributed by atoms with Crippen LogP contribution >= 0.6 is 11.6 Å². The molecule has 0 bridgehead atoms. The van der Waals surface area contributed by atoms with Crippen molar-refractivity contribution < 1.29 is 9.53 Å². The molecule has 0 saturated heterocycles. The lowest BCUT2D eigenvalue weighted by molar-refractivity contribution is -0.116. The van der Waals surface area contributed by atoms with Crippen molar-refractivity contribution in [3.05, 3.63) is 100 Å². The van der Waals surface area contributed by atoms with Gasteiger partial charge in [-0.15, -0.1) is 0 Å². The molecule has 2 aliphatic rings. The number of ether oxygens (including phenoxy) is 1. The van der Waals surface area contributed by atoms with E-state index in [2.05, 4.69) is 36.6 Å². The summed E-state index contributed by atoms with van der Waals surface area (Å²) in [5.74, 6) is 1.49. The Morgan fingerprint density at radius 1 is 0.941 bits per heavy atom. The van der Waals surface area contributed by atoms with Crippen LogP contribution in [0, 0.1) is 5.92 Å². The number of para-hydroxylation sites is 2. The molecule has 5 rings (SSSR count). The van der Waals surface area contributed by atoms with E-state index < -0.39 is 0 Å². The first-order valence-electron chi connectivity index (χ1n) is 11.9. The number of ketones is 1. The Hall–Kier alpha value is -3.24. The molecule has 4 nitrogen and oxygen atoms in total. The molecule has 0 spiro atoms. The fourth-order valence-corrected chi connectivity index (χ4v) is 5.08. The summed E-state index contributed by atoms with van der Waals surface area (Å²) in [7, 11) is 0. The Labute approximate surface area is 206 Å². The maximum atomic E-state index is 13.6. The van der Waals surface area contributed by atoms with E-state index >= 15 is 0 Å². The minimum Gasteiger partial charge on any atom is -0.493 e. The zero-order valence-electron chi connectivity index (χ0n) is 19.5. The van der Waals surface area contributed by atoms with Crippen LogP contribution < -0.4 is 15.4 Å². The van der Waals surface area contributed by atoms with E-state index in [9.17, 15) is 4.79 Å². The van der Waals surface area contributed by atoms with E-state index in [0.29, 0.717) is 24.0 Å². The van der Waals surface area contributed by atoms with Gasteiger partial charge in [0.2, 0.25) is 0 Å². The Morgan fingerprint density at radius 2 is 1.65 bits per heavy atom. The summed E-state index contributed by atoms with van der Waals surface area (Å²) in [6.07, 6.45) is 1.17. The monoisotopic (exact) mass is 472 g/mol. The summed E-state index contributed by atoms with van der Waals surface area (Å²) >= 11 is 6.51. The van der Waals surface area contributed by atoms with Crippen LogP contribution in [-0.4, -0.2) is 12.4 Å². The first-order chi connectivity index (χ1) is 16.5. The van der Waals surface area contributed by atoms with Gasteiger partial charge < -0.3 is 15.4 Å². The largest absolute Gasteiger partial charge is 0.493 e. The van der Waals surface area contributed by atoms with E-state index in [4.69, 9.17) is 16.3 Å². The first-order valence-corrected chi connectivity index (χ1v) is 12.2. The third-order valence-corrected chi connectivity index (χ3v) is 6.80. The average Bonchev–Trinajstić information content (AvgIpc) is 3.00. The van der Waals surface area contributed by atoms with Crippen LogP contribution in [0.25, 0.3) is 0 Å². The van der Waals surface area contributed by atoms with E-state index in [1.54, 1.807) is 0 Å². The highest BCUT2D eigenvalue weighted by atomic mass is 35.5. The van der Waals surface area contributed by atoms with Crippen LogP contribution in [0.2, 0.25) is 5.02 Å². The van der Waals surface area contributed by atoms with E-state index in [-0.39, 0.29) is 17.7 Å². The summed E-state index contributed by atoms with van der Waals surface area (Å²) in [5.41, 5.74) is 5.78. The lowest BCUT2D eigenvalue weighted by Gasteiger charge is -2.30. The zero-order chi connectivity index (χ0) is 23.7. The van der Waals surface area contributed by atoms with Crippen molar-refractivity contribution in [3.8, 4) is 5.75 Å². The molecule has 5 heteroatoms. The van der Waals surface area contributed by atoms with Crippen molar-refractivity contribution >= 4 is 28.8 Å². The van der Waals surface area contributed by atoms with E-state index in [0.717, 1.165) is 45.9 Å². The number of hydrogen-bond donors (Lipinski definition) is 2. The highest BCUT2D eigenvalue weighted by Crippen LogP contribution is 2.45. The number of carbonyl (C=O) groups excluding carboxylic acids is 1. The molecule has 0 aromatic heterocycles. The van der Waals surface area contributed by atoms with Gasteiger partial charge in [-0.1, -0.05) is 67.9 Å². The summed E-state index contributed by atoms with van der Waals surface area (Å²) < 4.78 is 5.87. The number of fused-ring (bicyclic) bond motifs is 1. The molecule has 1 aliphatic heterocycles. The van der Waals surface area contributed by atoms with Crippen LogP contribution in [-0.2, 0) is 4.79 Å². The molecule has 2 N–H and O–H groups in total. The van der Waals surface area contributed by atoms with Gasteiger partial charge in [0.15, 0.2) is 5.78 Å². The summed E-state index contributed by atoms with van der Waals surface area (Å²) in [5, 5.41) is 7.93.